The van der Waals surface area contributed by atoms with E-state index >= 15 is 0 Å². The molecule has 0 amide bonds. The first-order valence-corrected chi connectivity index (χ1v) is 6.71. The zero-order valence-corrected chi connectivity index (χ0v) is 12.8. The maximum atomic E-state index is 11.9. The lowest BCUT2D eigenvalue weighted by molar-refractivity contribution is -0.147. The van der Waals surface area contributed by atoms with E-state index in [1.807, 2.05) is 19.9 Å². The van der Waals surface area contributed by atoms with Crippen LogP contribution in [-0.4, -0.2) is 13.1 Å². The van der Waals surface area contributed by atoms with E-state index in [1.165, 1.54) is 23.8 Å². The lowest BCUT2D eigenvalue weighted by Gasteiger charge is -2.27. The van der Waals surface area contributed by atoms with Gasteiger partial charge in [0.05, 0.1) is 13.0 Å². The number of rotatable bonds is 4. The number of aryl methyl sites for hydroxylation is 1. The van der Waals surface area contributed by atoms with Gasteiger partial charge in [-0.3, -0.25) is 4.79 Å². The van der Waals surface area contributed by atoms with Crippen molar-refractivity contribution in [2.75, 3.05) is 7.11 Å². The molecule has 0 spiro atoms. The molecule has 1 rings (SSSR count). The summed E-state index contributed by atoms with van der Waals surface area (Å²) in [5.41, 5.74) is 11.0. The first kappa shape index (κ1) is 15.7. The average molecular weight is 263 g/mol. The van der Waals surface area contributed by atoms with Crippen molar-refractivity contribution in [3.63, 3.8) is 0 Å². The van der Waals surface area contributed by atoms with Crippen LogP contribution in [-0.2, 0) is 9.53 Å². The molecule has 0 heterocycles. The van der Waals surface area contributed by atoms with Crippen LogP contribution in [0.2, 0.25) is 0 Å². The number of esters is 1. The second-order valence-corrected chi connectivity index (χ2v) is 5.54. The third-order valence-electron chi connectivity index (χ3n) is 4.04. The lowest BCUT2D eigenvalue weighted by atomic mass is 9.82. The molecule has 106 valence electrons. The fraction of sp³-hybridized carbons (Fsp3) is 0.562. The molecule has 0 saturated carbocycles. The molecule has 1 aromatic rings. The largest absolute Gasteiger partial charge is 0.469 e. The summed E-state index contributed by atoms with van der Waals surface area (Å²) in [6.45, 7) is 10.2. The highest BCUT2D eigenvalue weighted by molar-refractivity contribution is 5.74. The van der Waals surface area contributed by atoms with Crippen LogP contribution in [0.15, 0.2) is 12.1 Å². The Morgan fingerprint density at radius 3 is 2.21 bits per heavy atom. The highest BCUT2D eigenvalue weighted by Crippen LogP contribution is 2.31. The van der Waals surface area contributed by atoms with Crippen molar-refractivity contribution >= 4 is 5.97 Å². The van der Waals surface area contributed by atoms with Crippen molar-refractivity contribution < 1.29 is 9.53 Å². The molecule has 0 bridgehead atoms. The minimum atomic E-state index is -0.327. The fourth-order valence-electron chi connectivity index (χ4n) is 2.50. The van der Waals surface area contributed by atoms with Gasteiger partial charge >= 0.3 is 5.97 Å². The molecule has 1 aromatic carbocycles. The van der Waals surface area contributed by atoms with E-state index in [9.17, 15) is 4.79 Å². The molecule has 0 aliphatic heterocycles. The molecule has 0 aliphatic carbocycles. The van der Waals surface area contributed by atoms with Crippen LogP contribution >= 0.6 is 0 Å². The summed E-state index contributed by atoms with van der Waals surface area (Å²) in [5, 5.41) is 0. The number of carbonyl (C=O) groups excluding carboxylic acids is 1. The quantitative estimate of drug-likeness (QED) is 0.849. The van der Waals surface area contributed by atoms with Crippen molar-refractivity contribution in [1.29, 1.82) is 0 Å². The van der Waals surface area contributed by atoms with Crippen LogP contribution in [0.3, 0.4) is 0 Å². The van der Waals surface area contributed by atoms with E-state index in [-0.39, 0.29) is 23.8 Å². The van der Waals surface area contributed by atoms with Gasteiger partial charge in [-0.1, -0.05) is 26.0 Å². The van der Waals surface area contributed by atoms with Crippen molar-refractivity contribution in [3.8, 4) is 0 Å². The Kier molecular flexibility index (Phi) is 5.12. The highest BCUT2D eigenvalue weighted by Gasteiger charge is 2.31. The van der Waals surface area contributed by atoms with Gasteiger partial charge in [-0.15, -0.1) is 0 Å². The van der Waals surface area contributed by atoms with Gasteiger partial charge in [0.1, 0.15) is 0 Å². The molecule has 0 aromatic heterocycles. The molecular weight excluding hydrogens is 238 g/mol. The van der Waals surface area contributed by atoms with Crippen LogP contribution in [0.25, 0.3) is 0 Å². The molecule has 2 atom stereocenters. The van der Waals surface area contributed by atoms with Gasteiger partial charge in [0.2, 0.25) is 0 Å². The number of methoxy groups -OCH3 is 1. The molecular formula is C16H25NO2. The summed E-state index contributed by atoms with van der Waals surface area (Å²) in [5.74, 6) is -0.408. The zero-order chi connectivity index (χ0) is 14.7. The molecule has 2 N–H and O–H groups in total. The smallest absolute Gasteiger partial charge is 0.310 e. The third-order valence-corrected chi connectivity index (χ3v) is 4.04. The molecule has 2 unspecified atom stereocenters. The number of carbonyl (C=O) groups is 1. The molecule has 0 aliphatic rings. The third kappa shape index (κ3) is 3.16. The van der Waals surface area contributed by atoms with Crippen LogP contribution in [0.1, 0.15) is 42.1 Å². The Balaban J connectivity index is 3.21. The maximum absolute atomic E-state index is 11.9. The van der Waals surface area contributed by atoms with Crippen LogP contribution in [0, 0.1) is 32.6 Å². The van der Waals surface area contributed by atoms with Crippen molar-refractivity contribution in [2.24, 2.45) is 17.6 Å². The normalized spacial score (nSPS) is 14.3. The summed E-state index contributed by atoms with van der Waals surface area (Å²) in [6, 6.07) is 3.76. The second kappa shape index (κ2) is 6.20. The SMILES string of the molecule is COC(=O)C(C(C)C)C(N)c1ccc(C)c(C)c1C. The predicted molar refractivity (Wildman–Crippen MR) is 77.9 cm³/mol. The van der Waals surface area contributed by atoms with Gasteiger partial charge in [-0.25, -0.2) is 0 Å². The molecule has 3 heteroatoms. The number of hydrogen-bond donors (Lipinski definition) is 1. The van der Waals surface area contributed by atoms with Gasteiger partial charge in [-0.2, -0.15) is 0 Å². The topological polar surface area (TPSA) is 52.3 Å². The van der Waals surface area contributed by atoms with Gasteiger partial charge in [0.15, 0.2) is 0 Å². The van der Waals surface area contributed by atoms with Crippen molar-refractivity contribution in [3.05, 3.63) is 34.4 Å². The van der Waals surface area contributed by atoms with E-state index in [4.69, 9.17) is 10.5 Å². The Morgan fingerprint density at radius 2 is 1.74 bits per heavy atom. The van der Waals surface area contributed by atoms with Crippen LogP contribution in [0.5, 0.6) is 0 Å². The summed E-state index contributed by atoms with van der Waals surface area (Å²) in [4.78, 5) is 11.9. The molecule has 19 heavy (non-hydrogen) atoms. The number of benzene rings is 1. The summed E-state index contributed by atoms with van der Waals surface area (Å²) in [6.07, 6.45) is 0. The van der Waals surface area contributed by atoms with E-state index in [0.29, 0.717) is 0 Å². The highest BCUT2D eigenvalue weighted by atomic mass is 16.5. The fourth-order valence-corrected chi connectivity index (χ4v) is 2.50. The minimum absolute atomic E-state index is 0.142. The standard InChI is InChI=1S/C16H25NO2/c1-9(2)14(16(18)19-6)15(17)13-8-7-10(3)11(4)12(13)5/h7-9,14-15H,17H2,1-6H3. The van der Waals surface area contributed by atoms with Crippen LogP contribution in [0.4, 0.5) is 0 Å². The lowest BCUT2D eigenvalue weighted by Crippen LogP contribution is -2.33. The number of hydrogen-bond acceptors (Lipinski definition) is 3. The first-order valence-electron chi connectivity index (χ1n) is 6.71. The monoisotopic (exact) mass is 263 g/mol. The van der Waals surface area contributed by atoms with Gasteiger partial charge in [0.25, 0.3) is 0 Å². The molecule has 3 nitrogen and oxygen atoms in total. The van der Waals surface area contributed by atoms with Gasteiger partial charge in [0, 0.05) is 6.04 Å². The molecule has 0 fully saturated rings. The van der Waals surface area contributed by atoms with E-state index in [2.05, 4.69) is 26.8 Å². The summed E-state index contributed by atoms with van der Waals surface area (Å²) >= 11 is 0. The second-order valence-electron chi connectivity index (χ2n) is 5.54. The Hall–Kier alpha value is -1.35. The van der Waals surface area contributed by atoms with Crippen molar-refractivity contribution in [2.45, 2.75) is 40.7 Å². The minimum Gasteiger partial charge on any atom is -0.469 e. The predicted octanol–water partition coefficient (Wildman–Crippen LogP) is 3.06. The Labute approximate surface area is 116 Å². The Morgan fingerprint density at radius 1 is 1.16 bits per heavy atom. The van der Waals surface area contributed by atoms with Gasteiger partial charge < -0.3 is 10.5 Å². The van der Waals surface area contributed by atoms with Crippen molar-refractivity contribution in [1.82, 2.24) is 0 Å². The van der Waals surface area contributed by atoms with E-state index in [1.54, 1.807) is 0 Å². The summed E-state index contributed by atoms with van der Waals surface area (Å²) < 4.78 is 4.89. The first-order chi connectivity index (χ1) is 8.81. The summed E-state index contributed by atoms with van der Waals surface area (Å²) in [7, 11) is 1.41. The van der Waals surface area contributed by atoms with Gasteiger partial charge in [-0.05, 0) is 48.9 Å². The zero-order valence-electron chi connectivity index (χ0n) is 12.8. The number of ether oxygens (including phenoxy) is 1. The molecule has 0 saturated heterocycles. The maximum Gasteiger partial charge on any atom is 0.310 e. The Bertz CT molecular complexity index is 466. The number of nitrogens with two attached hydrogens (primary N) is 1. The van der Waals surface area contributed by atoms with E-state index < -0.39 is 0 Å². The molecule has 0 radical (unpaired) electrons. The van der Waals surface area contributed by atoms with E-state index in [0.717, 1.165) is 5.56 Å². The average Bonchev–Trinajstić information content (AvgIpc) is 2.35. The van der Waals surface area contributed by atoms with Crippen LogP contribution < -0.4 is 5.73 Å².